The molecular weight excluding hydrogens is 541 g/mol. The van der Waals surface area contributed by atoms with Gasteiger partial charge in [-0.05, 0) is 133 Å². The van der Waals surface area contributed by atoms with Gasteiger partial charge in [-0.25, -0.2) is 0 Å². The zero-order chi connectivity index (χ0) is 26.0. The lowest BCUT2D eigenvalue weighted by Crippen LogP contribution is -1.95. The molecule has 184 valence electrons. The summed E-state index contributed by atoms with van der Waals surface area (Å²) in [5.74, 6) is 2.69. The minimum atomic E-state index is 0.179. The van der Waals surface area contributed by atoms with Gasteiger partial charge in [-0.1, -0.05) is 25.3 Å². The van der Waals surface area contributed by atoms with Crippen LogP contribution in [0.15, 0.2) is 107 Å². The number of hydrogen-bond acceptors (Lipinski definition) is 7. The Labute approximate surface area is 236 Å². The van der Waals surface area contributed by atoms with E-state index in [0.717, 1.165) is 22.5 Å². The summed E-state index contributed by atoms with van der Waals surface area (Å²) in [6, 6.07) is 29.9. The van der Waals surface area contributed by atoms with Crippen molar-refractivity contribution in [3.8, 4) is 23.0 Å². The Morgan fingerprint density at radius 2 is 0.838 bits per heavy atom. The van der Waals surface area contributed by atoms with Crippen molar-refractivity contribution in [1.29, 1.82) is 0 Å². The Kier molecular flexibility index (Phi) is 9.45. The summed E-state index contributed by atoms with van der Waals surface area (Å²) >= 11 is 17.5. The van der Waals surface area contributed by atoms with E-state index in [1.807, 2.05) is 97.1 Å². The third-order valence-corrected chi connectivity index (χ3v) is 5.15. The van der Waals surface area contributed by atoms with Crippen molar-refractivity contribution >= 4 is 82.3 Å². The van der Waals surface area contributed by atoms with Gasteiger partial charge in [0.1, 0.15) is 23.0 Å². The molecule has 0 aliphatic carbocycles. The second-order valence-corrected chi connectivity index (χ2v) is 9.64. The van der Waals surface area contributed by atoms with E-state index in [-0.39, 0.29) is 8.77 Å². The molecule has 4 aromatic carbocycles. The molecule has 0 amide bonds. The first-order valence-corrected chi connectivity index (χ1v) is 12.6. The molecule has 0 aliphatic rings. The largest absolute Gasteiger partial charge is 0.457 e. The maximum absolute atomic E-state index is 5.94. The third-order valence-electron chi connectivity index (χ3n) is 4.81. The molecule has 0 bridgehead atoms. The molecule has 0 spiro atoms. The number of rotatable bonds is 8. The van der Waals surface area contributed by atoms with Crippen molar-refractivity contribution in [3.05, 3.63) is 108 Å². The summed E-state index contributed by atoms with van der Waals surface area (Å²) in [5, 5.41) is 0. The Balaban J connectivity index is 1.30. The maximum atomic E-state index is 5.94. The molecule has 4 aromatic rings. The monoisotopic (exact) mass is 560 g/mol. The average Bonchev–Trinajstić information content (AvgIpc) is 2.89. The summed E-state index contributed by atoms with van der Waals surface area (Å²) in [4.78, 5) is 8.99. The topological polar surface area (TPSA) is 52.4 Å². The van der Waals surface area contributed by atoms with Gasteiger partial charge in [0, 0.05) is 12.4 Å². The van der Waals surface area contributed by atoms with Crippen LogP contribution < -0.4 is 14.2 Å². The summed E-state index contributed by atoms with van der Waals surface area (Å²) in [5.41, 5.74) is 3.48. The molecule has 0 heterocycles. The smallest absolute Gasteiger partial charge is 0.222 e. The van der Waals surface area contributed by atoms with Crippen LogP contribution in [0.5, 0.6) is 23.0 Å². The average molecular weight is 561 g/mol. The van der Waals surface area contributed by atoms with Crippen LogP contribution in [0.1, 0.15) is 11.1 Å². The zero-order valence-corrected chi connectivity index (χ0v) is 22.6. The molecular formula is C28H20N2O3S4. The standard InChI is InChI=1S/C28H20N2O3S4/c34-27(35)32-25-9-1-19(2-10-25)17-29-21-5-13-23(14-6-21)31-24-15-7-22(8-16-24)30-18-20-3-11-26(12-4-20)33-28(36)37/h1-18H,(H,34,35)(H,36,37). The van der Waals surface area contributed by atoms with Crippen LogP contribution >= 0.6 is 49.7 Å². The zero-order valence-electron chi connectivity index (χ0n) is 19.2. The Morgan fingerprint density at radius 1 is 0.514 bits per heavy atom. The summed E-state index contributed by atoms with van der Waals surface area (Å²) in [7, 11) is 0. The minimum absolute atomic E-state index is 0.179. The van der Waals surface area contributed by atoms with Crippen molar-refractivity contribution in [1.82, 2.24) is 0 Å². The molecule has 0 saturated carbocycles. The van der Waals surface area contributed by atoms with Crippen molar-refractivity contribution in [3.63, 3.8) is 0 Å². The van der Waals surface area contributed by atoms with Crippen LogP contribution in [0.3, 0.4) is 0 Å². The highest BCUT2D eigenvalue weighted by atomic mass is 32.1. The number of nitrogens with zero attached hydrogens (tertiary/aromatic N) is 2. The molecule has 0 aliphatic heterocycles. The molecule has 9 heteroatoms. The van der Waals surface area contributed by atoms with Gasteiger partial charge in [-0.15, -0.1) is 0 Å². The predicted molar refractivity (Wildman–Crippen MR) is 165 cm³/mol. The number of hydrogen-bond donors (Lipinski definition) is 2. The van der Waals surface area contributed by atoms with E-state index in [1.54, 1.807) is 12.4 Å². The van der Waals surface area contributed by atoms with Crippen LogP contribution in [0.25, 0.3) is 0 Å². The SMILES string of the molecule is S=C(S)Oc1ccc(C=Nc2ccc(Oc3ccc(N=Cc4ccc(OC(=S)S)cc4)cc3)cc2)cc1. The van der Waals surface area contributed by atoms with Crippen LogP contribution in [-0.4, -0.2) is 21.2 Å². The van der Waals surface area contributed by atoms with E-state index in [4.69, 9.17) is 38.6 Å². The Hall–Kier alpha value is -3.50. The highest BCUT2D eigenvalue weighted by molar-refractivity contribution is 8.10. The second-order valence-electron chi connectivity index (χ2n) is 7.48. The number of thiocarbonyl (C=S) groups is 2. The lowest BCUT2D eigenvalue weighted by atomic mass is 10.2. The minimum Gasteiger partial charge on any atom is -0.457 e. The fraction of sp³-hybridized carbons (Fsp3) is 0. The van der Waals surface area contributed by atoms with Gasteiger partial charge in [0.25, 0.3) is 0 Å². The van der Waals surface area contributed by atoms with Gasteiger partial charge in [0.15, 0.2) is 0 Å². The fourth-order valence-corrected chi connectivity index (χ4v) is 3.48. The third kappa shape index (κ3) is 8.83. The predicted octanol–water partition coefficient (Wildman–Crippen LogP) is 8.17. The van der Waals surface area contributed by atoms with Gasteiger partial charge in [-0.3, -0.25) is 9.98 Å². The fourth-order valence-electron chi connectivity index (χ4n) is 3.08. The van der Waals surface area contributed by atoms with Crippen LogP contribution in [0.2, 0.25) is 0 Å². The van der Waals surface area contributed by atoms with Gasteiger partial charge >= 0.3 is 0 Å². The quantitative estimate of drug-likeness (QED) is 0.129. The van der Waals surface area contributed by atoms with Gasteiger partial charge in [-0.2, -0.15) is 0 Å². The summed E-state index contributed by atoms with van der Waals surface area (Å²) in [6.45, 7) is 0. The lowest BCUT2D eigenvalue weighted by Gasteiger charge is -2.06. The Bertz CT molecular complexity index is 1310. The van der Waals surface area contributed by atoms with Crippen LogP contribution in [0, 0.1) is 0 Å². The van der Waals surface area contributed by atoms with E-state index >= 15 is 0 Å². The summed E-state index contributed by atoms with van der Waals surface area (Å²) < 4.78 is 16.8. The first kappa shape index (κ1) is 26.6. The van der Waals surface area contributed by atoms with Gasteiger partial charge in [0.2, 0.25) is 8.77 Å². The van der Waals surface area contributed by atoms with Gasteiger partial charge < -0.3 is 14.2 Å². The molecule has 0 unspecified atom stereocenters. The highest BCUT2D eigenvalue weighted by Gasteiger charge is 2.00. The Morgan fingerprint density at radius 3 is 1.16 bits per heavy atom. The van der Waals surface area contributed by atoms with Crippen molar-refractivity contribution in [2.75, 3.05) is 0 Å². The first-order chi connectivity index (χ1) is 17.9. The maximum Gasteiger partial charge on any atom is 0.222 e. The van der Waals surface area contributed by atoms with Crippen LogP contribution in [0.4, 0.5) is 11.4 Å². The molecule has 0 fully saturated rings. The van der Waals surface area contributed by atoms with E-state index in [1.165, 1.54) is 0 Å². The van der Waals surface area contributed by atoms with E-state index in [0.29, 0.717) is 23.0 Å². The van der Waals surface area contributed by atoms with Crippen LogP contribution in [-0.2, 0) is 0 Å². The number of benzene rings is 4. The molecule has 0 aromatic heterocycles. The molecule has 0 saturated heterocycles. The normalized spacial score (nSPS) is 11.0. The number of thiol groups is 2. The van der Waals surface area contributed by atoms with Crippen molar-refractivity contribution in [2.45, 2.75) is 0 Å². The molecule has 0 N–H and O–H groups in total. The molecule has 0 atom stereocenters. The van der Waals surface area contributed by atoms with Crippen molar-refractivity contribution < 1.29 is 14.2 Å². The number of ether oxygens (including phenoxy) is 3. The first-order valence-electron chi connectivity index (χ1n) is 10.9. The molecule has 4 rings (SSSR count). The van der Waals surface area contributed by atoms with Crippen molar-refractivity contribution in [2.24, 2.45) is 9.98 Å². The molecule has 37 heavy (non-hydrogen) atoms. The lowest BCUT2D eigenvalue weighted by molar-refractivity contribution is 0.483. The van der Waals surface area contributed by atoms with Gasteiger partial charge in [0.05, 0.1) is 11.4 Å². The molecule has 5 nitrogen and oxygen atoms in total. The molecule has 0 radical (unpaired) electrons. The van der Waals surface area contributed by atoms with E-state index < -0.39 is 0 Å². The van der Waals surface area contributed by atoms with E-state index in [9.17, 15) is 0 Å². The second kappa shape index (κ2) is 13.2. The number of aliphatic imine (C=N–C) groups is 2. The highest BCUT2D eigenvalue weighted by Crippen LogP contribution is 2.26. The van der Waals surface area contributed by atoms with E-state index in [2.05, 4.69) is 35.2 Å². The summed E-state index contributed by atoms with van der Waals surface area (Å²) in [6.07, 6.45) is 3.55.